The maximum absolute atomic E-state index is 13.0. The van der Waals surface area contributed by atoms with Gasteiger partial charge >= 0.3 is 0 Å². The molecule has 0 unspecified atom stereocenters. The third-order valence-electron chi connectivity index (χ3n) is 6.81. The number of hydrogen-bond acceptors (Lipinski definition) is 7. The second-order valence-electron chi connectivity index (χ2n) is 9.14. The molecule has 1 aromatic carbocycles. The fourth-order valence-corrected chi connectivity index (χ4v) is 6.14. The number of methoxy groups -OCH3 is 1. The van der Waals surface area contributed by atoms with Gasteiger partial charge in [0.1, 0.15) is 22.7 Å². The first-order valence-electron chi connectivity index (χ1n) is 11.4. The van der Waals surface area contributed by atoms with E-state index in [1.165, 1.54) is 23.3 Å². The maximum atomic E-state index is 13.0. The number of nitrogens with zero attached hydrogens (tertiary/aromatic N) is 4. The van der Waals surface area contributed by atoms with Crippen molar-refractivity contribution in [2.24, 2.45) is 11.8 Å². The number of anilines is 2. The van der Waals surface area contributed by atoms with Crippen LogP contribution in [0.1, 0.15) is 29.7 Å². The Labute approximate surface area is 195 Å². The Kier molecular flexibility index (Phi) is 4.94. The van der Waals surface area contributed by atoms with Crippen LogP contribution in [-0.4, -0.2) is 51.7 Å². The summed E-state index contributed by atoms with van der Waals surface area (Å²) in [5, 5.41) is 12.6. The molecule has 2 aliphatic rings. The topological polar surface area (TPSA) is 96.0 Å². The minimum atomic E-state index is 0.0577. The number of amides is 1. The fraction of sp³-hybridized carbons (Fsp3) is 0.417. The van der Waals surface area contributed by atoms with Crippen LogP contribution < -0.4 is 10.1 Å². The highest BCUT2D eigenvalue weighted by Crippen LogP contribution is 2.42. The summed E-state index contributed by atoms with van der Waals surface area (Å²) in [6.07, 6.45) is 8.42. The smallest absolute Gasteiger partial charge is 0.225 e. The minimum Gasteiger partial charge on any atom is -0.494 e. The maximum Gasteiger partial charge on any atom is 0.225 e. The fourth-order valence-electron chi connectivity index (χ4n) is 4.87. The molecule has 2 N–H and O–H groups in total. The van der Waals surface area contributed by atoms with Crippen molar-refractivity contribution in [1.82, 2.24) is 25.1 Å². The van der Waals surface area contributed by atoms with E-state index in [2.05, 4.69) is 25.5 Å². The van der Waals surface area contributed by atoms with E-state index in [9.17, 15) is 4.79 Å². The van der Waals surface area contributed by atoms with Gasteiger partial charge in [-0.05, 0) is 49.7 Å². The van der Waals surface area contributed by atoms with E-state index in [0.29, 0.717) is 11.7 Å². The third-order valence-corrected chi connectivity index (χ3v) is 7.98. The predicted octanol–water partition coefficient (Wildman–Crippen LogP) is 4.29. The van der Waals surface area contributed by atoms with Crippen LogP contribution in [0.25, 0.3) is 21.1 Å². The van der Waals surface area contributed by atoms with Gasteiger partial charge in [-0.1, -0.05) is 0 Å². The molecular weight excluding hydrogens is 436 g/mol. The normalized spacial score (nSPS) is 17.8. The molecule has 170 valence electrons. The Morgan fingerprint density at radius 2 is 2.18 bits per heavy atom. The van der Waals surface area contributed by atoms with Gasteiger partial charge in [0.05, 0.1) is 29.9 Å². The first-order valence-corrected chi connectivity index (χ1v) is 12.2. The summed E-state index contributed by atoms with van der Waals surface area (Å²) >= 11 is 1.69. The van der Waals surface area contributed by atoms with E-state index in [1.807, 2.05) is 24.1 Å². The zero-order chi connectivity index (χ0) is 22.5. The van der Waals surface area contributed by atoms with Crippen molar-refractivity contribution in [2.45, 2.75) is 32.1 Å². The van der Waals surface area contributed by atoms with Crippen LogP contribution in [0, 0.1) is 11.8 Å². The molecule has 1 amide bonds. The van der Waals surface area contributed by atoms with Crippen molar-refractivity contribution >= 4 is 49.9 Å². The lowest BCUT2D eigenvalue weighted by atomic mass is 9.87. The van der Waals surface area contributed by atoms with Crippen LogP contribution in [0.2, 0.25) is 0 Å². The van der Waals surface area contributed by atoms with E-state index in [1.54, 1.807) is 31.0 Å². The molecule has 33 heavy (non-hydrogen) atoms. The molecule has 8 nitrogen and oxygen atoms in total. The monoisotopic (exact) mass is 462 g/mol. The van der Waals surface area contributed by atoms with Crippen molar-refractivity contribution in [2.75, 3.05) is 26.0 Å². The van der Waals surface area contributed by atoms with Crippen LogP contribution in [0.15, 0.2) is 24.7 Å². The summed E-state index contributed by atoms with van der Waals surface area (Å²) < 4.78 is 5.60. The van der Waals surface area contributed by atoms with E-state index in [4.69, 9.17) is 4.74 Å². The predicted molar refractivity (Wildman–Crippen MR) is 129 cm³/mol. The van der Waals surface area contributed by atoms with Gasteiger partial charge in [-0.25, -0.2) is 9.97 Å². The average molecular weight is 463 g/mol. The summed E-state index contributed by atoms with van der Waals surface area (Å²) in [4.78, 5) is 26.3. The zero-order valence-corrected chi connectivity index (χ0v) is 19.5. The quantitative estimate of drug-likeness (QED) is 0.444. The van der Waals surface area contributed by atoms with Crippen LogP contribution in [-0.2, 0) is 17.6 Å². The van der Waals surface area contributed by atoms with Crippen LogP contribution in [0.4, 0.5) is 11.5 Å². The number of aromatic amines is 1. The Balaban J connectivity index is 1.31. The molecule has 1 atom stereocenters. The molecule has 0 spiro atoms. The minimum absolute atomic E-state index is 0.0577. The highest BCUT2D eigenvalue weighted by Gasteiger charge is 2.32. The molecule has 0 radical (unpaired) electrons. The first kappa shape index (κ1) is 20.4. The Morgan fingerprint density at radius 1 is 1.30 bits per heavy atom. The highest BCUT2D eigenvalue weighted by atomic mass is 32.1. The second-order valence-corrected chi connectivity index (χ2v) is 10.2. The van der Waals surface area contributed by atoms with Crippen molar-refractivity contribution in [3.63, 3.8) is 0 Å². The summed E-state index contributed by atoms with van der Waals surface area (Å²) in [5.41, 5.74) is 3.02. The van der Waals surface area contributed by atoms with Gasteiger partial charge in [0.15, 0.2) is 0 Å². The molecule has 1 saturated carbocycles. The van der Waals surface area contributed by atoms with Gasteiger partial charge in [-0.2, -0.15) is 5.10 Å². The van der Waals surface area contributed by atoms with E-state index < -0.39 is 0 Å². The van der Waals surface area contributed by atoms with Gasteiger partial charge in [-0.3, -0.25) is 9.89 Å². The summed E-state index contributed by atoms with van der Waals surface area (Å²) in [6.45, 7) is 0.900. The molecule has 3 heterocycles. The van der Waals surface area contributed by atoms with Gasteiger partial charge < -0.3 is 15.0 Å². The lowest BCUT2D eigenvalue weighted by Gasteiger charge is -2.26. The molecule has 0 aliphatic heterocycles. The number of carbonyl (C=O) groups is 1. The highest BCUT2D eigenvalue weighted by molar-refractivity contribution is 7.19. The van der Waals surface area contributed by atoms with E-state index in [0.717, 1.165) is 58.4 Å². The summed E-state index contributed by atoms with van der Waals surface area (Å²) in [6, 6.07) is 3.94. The molecule has 6 rings (SSSR count). The SMILES string of the molecule is COc1cc2[nH]ncc2cc1Nc1ncnc2sc3c(c12)CC[C@H](C(=O)N(C)CC1CC1)C3. The van der Waals surface area contributed by atoms with Crippen LogP contribution in [0.5, 0.6) is 5.75 Å². The molecule has 0 bridgehead atoms. The second kappa shape index (κ2) is 7.98. The Hall–Kier alpha value is -3.20. The number of carbonyl (C=O) groups excluding carboxylic acids is 1. The number of aromatic nitrogens is 4. The number of benzene rings is 1. The van der Waals surface area contributed by atoms with Crippen molar-refractivity contribution in [1.29, 1.82) is 0 Å². The average Bonchev–Trinajstić information content (AvgIpc) is 3.38. The summed E-state index contributed by atoms with van der Waals surface area (Å²) in [5.74, 6) is 2.54. The van der Waals surface area contributed by atoms with Crippen molar-refractivity contribution < 1.29 is 9.53 Å². The number of nitrogens with one attached hydrogen (secondary N) is 2. The Bertz CT molecular complexity index is 1360. The van der Waals surface area contributed by atoms with E-state index in [-0.39, 0.29) is 11.8 Å². The summed E-state index contributed by atoms with van der Waals surface area (Å²) in [7, 11) is 3.61. The van der Waals surface area contributed by atoms with E-state index >= 15 is 0 Å². The molecule has 2 aliphatic carbocycles. The number of aryl methyl sites for hydroxylation is 1. The molecule has 4 aromatic rings. The molecule has 1 fully saturated rings. The van der Waals surface area contributed by atoms with Gasteiger partial charge in [-0.15, -0.1) is 11.3 Å². The number of fused-ring (bicyclic) bond motifs is 4. The number of ether oxygens (including phenoxy) is 1. The standard InChI is InChI=1S/C24H26N6O2S/c1-30(11-13-3-4-13)24(31)14-5-6-16-20(8-14)33-23-21(16)22(25-12-26-23)28-18-7-15-10-27-29-17(15)9-19(18)32-2/h7,9-10,12-14H,3-6,8,11H2,1-2H3,(H,27,29)(H,25,26,28)/t14-/m0/s1. The Morgan fingerprint density at radius 3 is 3.00 bits per heavy atom. The van der Waals surface area contributed by atoms with Gasteiger partial charge in [0, 0.05) is 35.8 Å². The van der Waals surface area contributed by atoms with Crippen molar-refractivity contribution in [3.8, 4) is 5.75 Å². The molecule has 0 saturated heterocycles. The number of hydrogen-bond donors (Lipinski definition) is 2. The lowest BCUT2D eigenvalue weighted by molar-refractivity contribution is -0.134. The third kappa shape index (κ3) is 3.70. The van der Waals surface area contributed by atoms with Crippen molar-refractivity contribution in [3.05, 3.63) is 35.1 Å². The largest absolute Gasteiger partial charge is 0.494 e. The van der Waals surface area contributed by atoms with Gasteiger partial charge in [0.25, 0.3) is 0 Å². The van der Waals surface area contributed by atoms with Gasteiger partial charge in [0.2, 0.25) is 5.91 Å². The number of rotatable bonds is 6. The zero-order valence-electron chi connectivity index (χ0n) is 18.7. The number of thiophene rings is 1. The first-order chi connectivity index (χ1) is 16.1. The molecular formula is C24H26N6O2S. The molecule has 9 heteroatoms. The molecule has 3 aromatic heterocycles. The number of H-pyrrole nitrogens is 1. The van der Waals surface area contributed by atoms with Crippen LogP contribution >= 0.6 is 11.3 Å². The van der Waals surface area contributed by atoms with Crippen LogP contribution in [0.3, 0.4) is 0 Å². The lowest BCUT2D eigenvalue weighted by Crippen LogP contribution is -2.36.